The van der Waals surface area contributed by atoms with E-state index in [0.29, 0.717) is 6.54 Å². The minimum absolute atomic E-state index is 0.257. The lowest BCUT2D eigenvalue weighted by Gasteiger charge is -2.34. The van der Waals surface area contributed by atoms with Gasteiger partial charge < -0.3 is 13.9 Å². The number of esters is 1. The molecule has 0 unspecified atom stereocenters. The number of aryl methyl sites for hydroxylation is 1. The standard InChI is InChI=1S/C20H26N2O4/c1-15-4-6-18(24-2)16(12-15)13-21-8-10-22(11-9-21)14-17-5-7-19(26-17)20(23)25-3/h4-7,12H,8-11,13-14H2,1-3H3. The number of hydrogen-bond donors (Lipinski definition) is 0. The van der Waals surface area contributed by atoms with Gasteiger partial charge >= 0.3 is 5.97 Å². The van der Waals surface area contributed by atoms with Gasteiger partial charge in [0.05, 0.1) is 20.8 Å². The first-order valence-corrected chi connectivity index (χ1v) is 8.84. The Bertz CT molecular complexity index is 748. The van der Waals surface area contributed by atoms with Crippen molar-refractivity contribution >= 4 is 5.97 Å². The topological polar surface area (TPSA) is 55.2 Å². The second kappa shape index (κ2) is 8.38. The zero-order valence-electron chi connectivity index (χ0n) is 15.7. The van der Waals surface area contributed by atoms with Gasteiger partial charge in [-0.25, -0.2) is 4.79 Å². The Labute approximate surface area is 154 Å². The number of methoxy groups -OCH3 is 2. The molecular weight excluding hydrogens is 332 g/mol. The fourth-order valence-electron chi connectivity index (χ4n) is 3.27. The molecule has 1 fully saturated rings. The normalized spacial score (nSPS) is 15.8. The predicted molar refractivity (Wildman–Crippen MR) is 98.3 cm³/mol. The first-order chi connectivity index (χ1) is 12.6. The van der Waals surface area contributed by atoms with E-state index in [2.05, 4.69) is 33.6 Å². The van der Waals surface area contributed by atoms with Crippen molar-refractivity contribution in [2.75, 3.05) is 40.4 Å². The number of rotatable bonds is 6. The lowest BCUT2D eigenvalue weighted by Crippen LogP contribution is -2.45. The van der Waals surface area contributed by atoms with Crippen molar-refractivity contribution in [2.24, 2.45) is 0 Å². The minimum Gasteiger partial charge on any atom is -0.496 e. The molecule has 0 amide bonds. The molecule has 1 aliphatic rings. The van der Waals surface area contributed by atoms with Gasteiger partial charge in [0.25, 0.3) is 0 Å². The summed E-state index contributed by atoms with van der Waals surface area (Å²) in [6.45, 7) is 7.60. The Balaban J connectivity index is 1.52. The molecule has 1 saturated heterocycles. The summed E-state index contributed by atoms with van der Waals surface area (Å²) >= 11 is 0. The maximum Gasteiger partial charge on any atom is 0.373 e. The summed E-state index contributed by atoms with van der Waals surface area (Å²) in [7, 11) is 3.07. The lowest BCUT2D eigenvalue weighted by molar-refractivity contribution is 0.0559. The summed E-state index contributed by atoms with van der Waals surface area (Å²) < 4.78 is 15.7. The van der Waals surface area contributed by atoms with Crippen LogP contribution in [0.1, 0.15) is 27.4 Å². The largest absolute Gasteiger partial charge is 0.496 e. The van der Waals surface area contributed by atoms with Gasteiger partial charge in [0.1, 0.15) is 11.5 Å². The van der Waals surface area contributed by atoms with E-state index in [0.717, 1.165) is 44.2 Å². The molecule has 2 heterocycles. The first-order valence-electron chi connectivity index (χ1n) is 8.84. The Morgan fingerprint density at radius 2 is 1.73 bits per heavy atom. The van der Waals surface area contributed by atoms with E-state index in [1.807, 2.05) is 12.1 Å². The maximum atomic E-state index is 11.5. The van der Waals surface area contributed by atoms with Gasteiger partial charge in [-0.2, -0.15) is 0 Å². The van der Waals surface area contributed by atoms with E-state index < -0.39 is 5.97 Å². The van der Waals surface area contributed by atoms with Crippen LogP contribution in [-0.2, 0) is 17.8 Å². The number of nitrogens with zero attached hydrogens (tertiary/aromatic N) is 2. The van der Waals surface area contributed by atoms with Crippen LogP contribution in [0.25, 0.3) is 0 Å². The highest BCUT2D eigenvalue weighted by Gasteiger charge is 2.20. The highest BCUT2D eigenvalue weighted by atomic mass is 16.5. The van der Waals surface area contributed by atoms with Gasteiger partial charge in [-0.1, -0.05) is 17.7 Å². The second-order valence-electron chi connectivity index (χ2n) is 6.63. The third kappa shape index (κ3) is 4.45. The molecule has 0 radical (unpaired) electrons. The van der Waals surface area contributed by atoms with E-state index in [1.165, 1.54) is 18.2 Å². The van der Waals surface area contributed by atoms with Gasteiger partial charge in [0.15, 0.2) is 0 Å². The molecule has 3 rings (SSSR count). The Kier molecular flexibility index (Phi) is 5.96. The van der Waals surface area contributed by atoms with Crippen LogP contribution in [0, 0.1) is 6.92 Å². The molecule has 6 nitrogen and oxygen atoms in total. The van der Waals surface area contributed by atoms with Crippen LogP contribution in [0.4, 0.5) is 0 Å². The molecule has 0 N–H and O–H groups in total. The Morgan fingerprint density at radius 1 is 1.04 bits per heavy atom. The number of furan rings is 1. The molecule has 1 aromatic heterocycles. The fraction of sp³-hybridized carbons (Fsp3) is 0.450. The van der Waals surface area contributed by atoms with Crippen LogP contribution in [0.5, 0.6) is 5.75 Å². The zero-order chi connectivity index (χ0) is 18.5. The number of carbonyl (C=O) groups is 1. The van der Waals surface area contributed by atoms with E-state index in [1.54, 1.807) is 13.2 Å². The summed E-state index contributed by atoms with van der Waals surface area (Å²) in [6, 6.07) is 9.82. The zero-order valence-corrected chi connectivity index (χ0v) is 15.7. The third-order valence-corrected chi connectivity index (χ3v) is 4.72. The molecule has 140 valence electrons. The fourth-order valence-corrected chi connectivity index (χ4v) is 3.27. The SMILES string of the molecule is COC(=O)c1ccc(CN2CCN(Cc3cc(C)ccc3OC)CC2)o1. The summed E-state index contributed by atoms with van der Waals surface area (Å²) in [6.07, 6.45) is 0. The predicted octanol–water partition coefficient (Wildman–Crippen LogP) is 2.70. The molecule has 0 spiro atoms. The monoisotopic (exact) mass is 358 g/mol. The van der Waals surface area contributed by atoms with E-state index in [9.17, 15) is 4.79 Å². The van der Waals surface area contributed by atoms with Gasteiger partial charge in [-0.3, -0.25) is 9.80 Å². The molecule has 0 bridgehead atoms. The molecule has 2 aromatic rings. The quantitative estimate of drug-likeness (QED) is 0.740. The van der Waals surface area contributed by atoms with E-state index in [-0.39, 0.29) is 5.76 Å². The van der Waals surface area contributed by atoms with Crippen molar-refractivity contribution in [3.8, 4) is 5.75 Å². The van der Waals surface area contributed by atoms with Crippen molar-refractivity contribution in [3.63, 3.8) is 0 Å². The number of ether oxygens (including phenoxy) is 2. The van der Waals surface area contributed by atoms with Crippen LogP contribution >= 0.6 is 0 Å². The highest BCUT2D eigenvalue weighted by molar-refractivity contribution is 5.86. The van der Waals surface area contributed by atoms with Gasteiger partial charge in [0, 0.05) is 38.3 Å². The smallest absolute Gasteiger partial charge is 0.373 e. The summed E-state index contributed by atoms with van der Waals surface area (Å²) in [4.78, 5) is 16.2. The molecule has 26 heavy (non-hydrogen) atoms. The van der Waals surface area contributed by atoms with E-state index >= 15 is 0 Å². The van der Waals surface area contributed by atoms with Crippen LogP contribution in [0.3, 0.4) is 0 Å². The second-order valence-corrected chi connectivity index (χ2v) is 6.63. The van der Waals surface area contributed by atoms with Crippen molar-refractivity contribution < 1.29 is 18.7 Å². The molecule has 1 aromatic carbocycles. The highest BCUT2D eigenvalue weighted by Crippen LogP contribution is 2.22. The minimum atomic E-state index is -0.437. The van der Waals surface area contributed by atoms with Crippen LogP contribution < -0.4 is 4.74 Å². The molecule has 6 heteroatoms. The van der Waals surface area contributed by atoms with Gasteiger partial charge in [0.2, 0.25) is 5.76 Å². The molecule has 0 aliphatic carbocycles. The van der Waals surface area contributed by atoms with Crippen molar-refractivity contribution in [1.82, 2.24) is 9.80 Å². The Hall–Kier alpha value is -2.31. The van der Waals surface area contributed by atoms with Gasteiger partial charge in [-0.05, 0) is 25.1 Å². The number of benzene rings is 1. The summed E-state index contributed by atoms with van der Waals surface area (Å²) in [5.74, 6) is 1.56. The van der Waals surface area contributed by atoms with Crippen molar-refractivity contribution in [1.29, 1.82) is 0 Å². The molecule has 1 aliphatic heterocycles. The third-order valence-electron chi connectivity index (χ3n) is 4.72. The van der Waals surface area contributed by atoms with Crippen molar-refractivity contribution in [3.05, 3.63) is 53.0 Å². The first kappa shape index (κ1) is 18.5. The number of piperazine rings is 1. The van der Waals surface area contributed by atoms with Gasteiger partial charge in [-0.15, -0.1) is 0 Å². The van der Waals surface area contributed by atoms with E-state index in [4.69, 9.17) is 9.15 Å². The molecular formula is C20H26N2O4. The van der Waals surface area contributed by atoms with Crippen molar-refractivity contribution in [2.45, 2.75) is 20.0 Å². The summed E-state index contributed by atoms with van der Waals surface area (Å²) in [5.41, 5.74) is 2.48. The average molecular weight is 358 g/mol. The maximum absolute atomic E-state index is 11.5. The Morgan fingerprint density at radius 3 is 2.38 bits per heavy atom. The van der Waals surface area contributed by atoms with Crippen LogP contribution in [0.15, 0.2) is 34.7 Å². The average Bonchev–Trinajstić information content (AvgIpc) is 3.11. The molecule has 0 atom stereocenters. The summed E-state index contributed by atoms with van der Waals surface area (Å²) in [5, 5.41) is 0. The number of carbonyl (C=O) groups excluding carboxylic acids is 1. The molecule has 0 saturated carbocycles. The lowest BCUT2D eigenvalue weighted by atomic mass is 10.1. The van der Waals surface area contributed by atoms with Crippen LogP contribution in [0.2, 0.25) is 0 Å². The number of hydrogen-bond acceptors (Lipinski definition) is 6. The van der Waals surface area contributed by atoms with Crippen LogP contribution in [-0.4, -0.2) is 56.2 Å².